The van der Waals surface area contributed by atoms with Crippen molar-refractivity contribution in [1.82, 2.24) is 14.9 Å². The van der Waals surface area contributed by atoms with Gasteiger partial charge in [-0.25, -0.2) is 9.97 Å². The number of hydrogen-bond donors (Lipinski definition) is 0. The molecular weight excluding hydrogens is 284 g/mol. The summed E-state index contributed by atoms with van der Waals surface area (Å²) >= 11 is 0. The fourth-order valence-corrected chi connectivity index (χ4v) is 3.95. The van der Waals surface area contributed by atoms with Crippen LogP contribution in [0.3, 0.4) is 0 Å². The third-order valence-electron chi connectivity index (χ3n) is 5.35. The highest BCUT2D eigenvalue weighted by molar-refractivity contribution is 5.36. The van der Waals surface area contributed by atoms with Gasteiger partial charge in [-0.1, -0.05) is 20.8 Å². The first kappa shape index (κ1) is 16.7. The first-order valence-electron chi connectivity index (χ1n) is 9.06. The Morgan fingerprint density at radius 3 is 2.13 bits per heavy atom. The third kappa shape index (κ3) is 3.85. The Bertz CT molecular complexity index is 513. The van der Waals surface area contributed by atoms with E-state index in [2.05, 4.69) is 54.4 Å². The molecule has 2 aliphatic rings. The van der Waals surface area contributed by atoms with Crippen molar-refractivity contribution in [3.8, 4) is 0 Å². The highest BCUT2D eigenvalue weighted by atomic mass is 15.3. The van der Waals surface area contributed by atoms with Crippen molar-refractivity contribution in [3.05, 3.63) is 18.0 Å². The molecule has 3 heterocycles. The predicted molar refractivity (Wildman–Crippen MR) is 95.8 cm³/mol. The van der Waals surface area contributed by atoms with Crippen LogP contribution in [0.15, 0.2) is 12.4 Å². The number of anilines is 1. The Morgan fingerprint density at radius 2 is 1.65 bits per heavy atom. The first-order valence-corrected chi connectivity index (χ1v) is 9.06. The summed E-state index contributed by atoms with van der Waals surface area (Å²) in [5, 5.41) is 0. The van der Waals surface area contributed by atoms with E-state index in [0.29, 0.717) is 11.5 Å². The summed E-state index contributed by atoms with van der Waals surface area (Å²) in [6.45, 7) is 16.1. The number of rotatable bonds is 3. The van der Waals surface area contributed by atoms with Crippen LogP contribution in [0.25, 0.3) is 0 Å². The molecule has 0 atom stereocenters. The average molecular weight is 316 g/mol. The SMILES string of the molecule is CC(C)N1CCC2(CC1)CN(c1ncc(CC(C)(C)C)cn1)C2. The van der Waals surface area contributed by atoms with Gasteiger partial charge < -0.3 is 9.80 Å². The molecular formula is C19H32N4. The highest BCUT2D eigenvalue weighted by Crippen LogP contribution is 2.41. The maximum absolute atomic E-state index is 4.61. The second-order valence-corrected chi connectivity index (χ2v) is 9.11. The summed E-state index contributed by atoms with van der Waals surface area (Å²) in [5.74, 6) is 0.916. The van der Waals surface area contributed by atoms with Crippen molar-refractivity contribution < 1.29 is 0 Å². The summed E-state index contributed by atoms with van der Waals surface area (Å²) in [6, 6.07) is 0.683. The molecule has 1 spiro atoms. The Kier molecular flexibility index (Phi) is 4.39. The topological polar surface area (TPSA) is 32.3 Å². The summed E-state index contributed by atoms with van der Waals surface area (Å²) in [4.78, 5) is 14.2. The minimum absolute atomic E-state index is 0.288. The number of likely N-dealkylation sites (tertiary alicyclic amines) is 1. The van der Waals surface area contributed by atoms with Gasteiger partial charge in [0.15, 0.2) is 0 Å². The lowest BCUT2D eigenvalue weighted by molar-refractivity contribution is 0.0593. The standard InChI is InChI=1S/C19H32N4/c1-15(2)22-8-6-19(7-9-22)13-23(14-19)17-20-11-16(12-21-17)10-18(3,4)5/h11-12,15H,6-10,13-14H2,1-5H3. The van der Waals surface area contributed by atoms with Crippen molar-refractivity contribution in [1.29, 1.82) is 0 Å². The molecule has 0 bridgehead atoms. The van der Waals surface area contributed by atoms with E-state index < -0.39 is 0 Å². The molecule has 4 heteroatoms. The molecule has 2 saturated heterocycles. The molecule has 0 N–H and O–H groups in total. The summed E-state index contributed by atoms with van der Waals surface area (Å²) in [7, 11) is 0. The zero-order valence-electron chi connectivity index (χ0n) is 15.5. The van der Waals surface area contributed by atoms with Crippen molar-refractivity contribution in [2.24, 2.45) is 10.8 Å². The second kappa shape index (κ2) is 6.04. The molecule has 2 fully saturated rings. The van der Waals surface area contributed by atoms with Crippen LogP contribution in [-0.2, 0) is 6.42 Å². The van der Waals surface area contributed by atoms with Crippen molar-refractivity contribution >= 4 is 5.95 Å². The van der Waals surface area contributed by atoms with Crippen molar-refractivity contribution in [2.45, 2.75) is 59.9 Å². The molecule has 0 aromatic carbocycles. The van der Waals surface area contributed by atoms with E-state index in [1.807, 2.05) is 12.4 Å². The van der Waals surface area contributed by atoms with Gasteiger partial charge in [0.25, 0.3) is 0 Å². The highest BCUT2D eigenvalue weighted by Gasteiger charge is 2.45. The summed E-state index contributed by atoms with van der Waals surface area (Å²) in [6.07, 6.45) is 7.70. The predicted octanol–water partition coefficient (Wildman–Crippen LogP) is 3.38. The monoisotopic (exact) mass is 316 g/mol. The van der Waals surface area contributed by atoms with Gasteiger partial charge in [0.05, 0.1) is 0 Å². The lowest BCUT2D eigenvalue weighted by atomic mass is 9.72. The Hall–Kier alpha value is -1.16. The summed E-state index contributed by atoms with van der Waals surface area (Å²) < 4.78 is 0. The molecule has 2 aliphatic heterocycles. The molecule has 1 aromatic rings. The van der Waals surface area contributed by atoms with Crippen LogP contribution in [0, 0.1) is 10.8 Å². The van der Waals surface area contributed by atoms with Crippen LogP contribution in [0.1, 0.15) is 53.0 Å². The van der Waals surface area contributed by atoms with Gasteiger partial charge in [-0.05, 0) is 57.2 Å². The zero-order valence-corrected chi connectivity index (χ0v) is 15.5. The van der Waals surface area contributed by atoms with E-state index in [0.717, 1.165) is 25.5 Å². The Labute approximate surface area is 141 Å². The van der Waals surface area contributed by atoms with Crippen LogP contribution in [-0.4, -0.2) is 47.1 Å². The van der Waals surface area contributed by atoms with E-state index in [4.69, 9.17) is 0 Å². The van der Waals surface area contributed by atoms with Crippen LogP contribution in [0.5, 0.6) is 0 Å². The minimum Gasteiger partial charge on any atom is -0.340 e. The Balaban J connectivity index is 1.53. The maximum atomic E-state index is 4.61. The van der Waals surface area contributed by atoms with Crippen LogP contribution in [0.2, 0.25) is 0 Å². The van der Waals surface area contributed by atoms with Gasteiger partial charge >= 0.3 is 0 Å². The molecule has 0 saturated carbocycles. The first-order chi connectivity index (χ1) is 10.8. The van der Waals surface area contributed by atoms with Gasteiger partial charge in [0.1, 0.15) is 0 Å². The second-order valence-electron chi connectivity index (χ2n) is 9.11. The smallest absolute Gasteiger partial charge is 0.225 e. The molecule has 0 amide bonds. The molecule has 0 aliphatic carbocycles. The van der Waals surface area contributed by atoms with E-state index in [-0.39, 0.29) is 5.41 Å². The van der Waals surface area contributed by atoms with Crippen LogP contribution >= 0.6 is 0 Å². The van der Waals surface area contributed by atoms with Gasteiger partial charge in [0, 0.05) is 36.9 Å². The largest absolute Gasteiger partial charge is 0.340 e. The molecule has 0 unspecified atom stereocenters. The lowest BCUT2D eigenvalue weighted by Gasteiger charge is -2.54. The van der Waals surface area contributed by atoms with Gasteiger partial charge in [0.2, 0.25) is 5.95 Å². The minimum atomic E-state index is 0.288. The normalized spacial score (nSPS) is 21.7. The number of nitrogens with zero attached hydrogens (tertiary/aromatic N) is 4. The molecule has 128 valence electrons. The molecule has 23 heavy (non-hydrogen) atoms. The molecule has 3 rings (SSSR count). The third-order valence-corrected chi connectivity index (χ3v) is 5.35. The Morgan fingerprint density at radius 1 is 1.09 bits per heavy atom. The number of hydrogen-bond acceptors (Lipinski definition) is 4. The number of piperidine rings is 1. The molecule has 0 radical (unpaired) electrons. The van der Waals surface area contributed by atoms with Gasteiger partial charge in [-0.15, -0.1) is 0 Å². The lowest BCUT2D eigenvalue weighted by Crippen LogP contribution is -2.61. The fourth-order valence-electron chi connectivity index (χ4n) is 3.95. The van der Waals surface area contributed by atoms with Crippen LogP contribution in [0.4, 0.5) is 5.95 Å². The van der Waals surface area contributed by atoms with E-state index in [9.17, 15) is 0 Å². The summed E-state index contributed by atoms with van der Waals surface area (Å²) in [5.41, 5.74) is 2.05. The quantitative estimate of drug-likeness (QED) is 0.856. The van der Waals surface area contributed by atoms with Gasteiger partial charge in [-0.3, -0.25) is 0 Å². The van der Waals surface area contributed by atoms with E-state index in [1.165, 1.54) is 31.5 Å². The van der Waals surface area contributed by atoms with Gasteiger partial charge in [-0.2, -0.15) is 0 Å². The maximum Gasteiger partial charge on any atom is 0.225 e. The number of aromatic nitrogens is 2. The molecule has 4 nitrogen and oxygen atoms in total. The van der Waals surface area contributed by atoms with Crippen molar-refractivity contribution in [2.75, 3.05) is 31.1 Å². The fraction of sp³-hybridized carbons (Fsp3) is 0.789. The average Bonchev–Trinajstić information content (AvgIpc) is 2.44. The van der Waals surface area contributed by atoms with Crippen LogP contribution < -0.4 is 4.90 Å². The van der Waals surface area contributed by atoms with E-state index in [1.54, 1.807) is 0 Å². The van der Waals surface area contributed by atoms with Crippen molar-refractivity contribution in [3.63, 3.8) is 0 Å². The zero-order chi connectivity index (χ0) is 16.7. The molecule has 1 aromatic heterocycles. The van der Waals surface area contributed by atoms with E-state index >= 15 is 0 Å².